The molecule has 0 aliphatic carbocycles. The zero-order chi connectivity index (χ0) is 17.8. The Kier molecular flexibility index (Phi) is 5.58. The highest BCUT2D eigenvalue weighted by Crippen LogP contribution is 2.32. The smallest absolute Gasteiger partial charge is 0.251 e. The molecule has 2 aromatic rings. The van der Waals surface area contributed by atoms with Crippen molar-refractivity contribution in [1.29, 1.82) is 0 Å². The maximum Gasteiger partial charge on any atom is 0.251 e. The minimum absolute atomic E-state index is 0.0789. The number of fused-ring (bicyclic) bond motifs is 1. The molecule has 6 heteroatoms. The highest BCUT2D eigenvalue weighted by Gasteiger charge is 2.17. The number of halogens is 1. The van der Waals surface area contributed by atoms with Gasteiger partial charge in [-0.15, -0.1) is 0 Å². The molecule has 2 aromatic carbocycles. The SMILES string of the molecule is CNC(=O)c1ccc(CN(C)Cc2cc(Cl)cc3c2OCOC3)cc1. The molecule has 0 aromatic heterocycles. The van der Waals surface area contributed by atoms with Gasteiger partial charge in [0.15, 0.2) is 6.79 Å². The Morgan fingerprint density at radius 1 is 1.24 bits per heavy atom. The van der Waals surface area contributed by atoms with Crippen molar-refractivity contribution in [2.45, 2.75) is 19.7 Å². The molecule has 3 rings (SSSR count). The number of nitrogens with zero attached hydrogens (tertiary/aromatic N) is 1. The van der Waals surface area contributed by atoms with Gasteiger partial charge in [0.25, 0.3) is 5.91 Å². The second kappa shape index (κ2) is 7.87. The average Bonchev–Trinajstić information content (AvgIpc) is 2.61. The number of nitrogens with one attached hydrogen (secondary N) is 1. The molecule has 1 amide bonds. The monoisotopic (exact) mass is 360 g/mol. The third kappa shape index (κ3) is 4.31. The largest absolute Gasteiger partial charge is 0.467 e. The van der Waals surface area contributed by atoms with Crippen LogP contribution < -0.4 is 10.1 Å². The molecule has 0 saturated heterocycles. The van der Waals surface area contributed by atoms with E-state index in [0.717, 1.165) is 29.0 Å². The minimum Gasteiger partial charge on any atom is -0.467 e. The molecule has 0 fully saturated rings. The molecule has 1 aliphatic heterocycles. The van der Waals surface area contributed by atoms with Crippen molar-refractivity contribution in [1.82, 2.24) is 10.2 Å². The number of hydrogen-bond acceptors (Lipinski definition) is 4. The van der Waals surface area contributed by atoms with E-state index in [4.69, 9.17) is 21.1 Å². The summed E-state index contributed by atoms with van der Waals surface area (Å²) in [4.78, 5) is 13.8. The standard InChI is InChI=1S/C19H21ClN2O3/c1-21-19(23)14-5-3-13(4-6-14)9-22(2)10-15-7-17(20)8-16-11-24-12-25-18(15)16/h3-8H,9-12H2,1-2H3,(H,21,23). The fourth-order valence-corrected chi connectivity index (χ4v) is 3.20. The van der Waals surface area contributed by atoms with E-state index >= 15 is 0 Å². The first-order valence-corrected chi connectivity index (χ1v) is 8.46. The Hall–Kier alpha value is -2.08. The molecule has 25 heavy (non-hydrogen) atoms. The van der Waals surface area contributed by atoms with Crippen LogP contribution >= 0.6 is 11.6 Å². The number of carbonyl (C=O) groups is 1. The topological polar surface area (TPSA) is 50.8 Å². The Morgan fingerprint density at radius 3 is 2.72 bits per heavy atom. The van der Waals surface area contributed by atoms with E-state index in [2.05, 4.69) is 10.2 Å². The van der Waals surface area contributed by atoms with Crippen LogP contribution in [0.4, 0.5) is 0 Å². The third-order valence-electron chi connectivity index (χ3n) is 4.09. The predicted molar refractivity (Wildman–Crippen MR) is 96.7 cm³/mol. The van der Waals surface area contributed by atoms with Gasteiger partial charge in [0.05, 0.1) is 6.61 Å². The van der Waals surface area contributed by atoms with Crippen LogP contribution in [0.1, 0.15) is 27.0 Å². The molecule has 0 atom stereocenters. The zero-order valence-corrected chi connectivity index (χ0v) is 15.1. The zero-order valence-electron chi connectivity index (χ0n) is 14.3. The molecule has 1 aliphatic rings. The molecule has 0 radical (unpaired) electrons. The van der Waals surface area contributed by atoms with Crippen molar-refractivity contribution in [2.75, 3.05) is 20.9 Å². The first-order valence-electron chi connectivity index (χ1n) is 8.08. The molecule has 0 bridgehead atoms. The van der Waals surface area contributed by atoms with E-state index < -0.39 is 0 Å². The van der Waals surface area contributed by atoms with E-state index in [9.17, 15) is 4.79 Å². The summed E-state index contributed by atoms with van der Waals surface area (Å²) in [7, 11) is 3.67. The lowest BCUT2D eigenvalue weighted by Crippen LogP contribution is -2.20. The van der Waals surface area contributed by atoms with E-state index in [0.29, 0.717) is 23.7 Å². The van der Waals surface area contributed by atoms with Gasteiger partial charge in [-0.1, -0.05) is 23.7 Å². The van der Waals surface area contributed by atoms with Gasteiger partial charge < -0.3 is 14.8 Å². The summed E-state index contributed by atoms with van der Waals surface area (Å²) in [5, 5.41) is 3.31. The van der Waals surface area contributed by atoms with E-state index in [1.807, 2.05) is 43.4 Å². The lowest BCUT2D eigenvalue weighted by atomic mass is 10.1. The van der Waals surface area contributed by atoms with Crippen molar-refractivity contribution in [3.05, 3.63) is 63.7 Å². The van der Waals surface area contributed by atoms with Crippen LogP contribution in [0.25, 0.3) is 0 Å². The summed E-state index contributed by atoms with van der Waals surface area (Å²) in [5.41, 5.74) is 3.83. The summed E-state index contributed by atoms with van der Waals surface area (Å²) < 4.78 is 11.0. The average molecular weight is 361 g/mol. The predicted octanol–water partition coefficient (Wildman–Crippen LogP) is 3.20. The molecule has 5 nitrogen and oxygen atoms in total. The van der Waals surface area contributed by atoms with Crippen LogP contribution in [-0.2, 0) is 24.4 Å². The molecule has 0 spiro atoms. The van der Waals surface area contributed by atoms with E-state index in [1.165, 1.54) is 0 Å². The Morgan fingerprint density at radius 2 is 2.00 bits per heavy atom. The van der Waals surface area contributed by atoms with Crippen molar-refractivity contribution < 1.29 is 14.3 Å². The molecule has 1 heterocycles. The van der Waals surface area contributed by atoms with Crippen molar-refractivity contribution in [3.63, 3.8) is 0 Å². The van der Waals surface area contributed by atoms with Crippen LogP contribution in [0, 0.1) is 0 Å². The van der Waals surface area contributed by atoms with Crippen molar-refractivity contribution >= 4 is 17.5 Å². The minimum atomic E-state index is -0.0789. The molecule has 1 N–H and O–H groups in total. The Bertz CT molecular complexity index is 762. The molecular formula is C19H21ClN2O3. The van der Waals surface area contributed by atoms with Gasteiger partial charge >= 0.3 is 0 Å². The quantitative estimate of drug-likeness (QED) is 0.889. The number of rotatable bonds is 5. The lowest BCUT2D eigenvalue weighted by Gasteiger charge is -2.24. The summed E-state index contributed by atoms with van der Waals surface area (Å²) in [6.45, 7) is 2.26. The van der Waals surface area contributed by atoms with Gasteiger partial charge in [-0.3, -0.25) is 9.69 Å². The van der Waals surface area contributed by atoms with Crippen LogP contribution in [-0.4, -0.2) is 31.7 Å². The highest BCUT2D eigenvalue weighted by molar-refractivity contribution is 6.30. The fourth-order valence-electron chi connectivity index (χ4n) is 2.94. The van der Waals surface area contributed by atoms with Crippen LogP contribution in [0.3, 0.4) is 0 Å². The fraction of sp³-hybridized carbons (Fsp3) is 0.316. The summed E-state index contributed by atoms with van der Waals surface area (Å²) in [5.74, 6) is 0.794. The van der Waals surface area contributed by atoms with Crippen molar-refractivity contribution in [3.8, 4) is 5.75 Å². The second-order valence-electron chi connectivity index (χ2n) is 6.11. The van der Waals surface area contributed by atoms with E-state index in [1.54, 1.807) is 7.05 Å². The molecule has 0 saturated carbocycles. The van der Waals surface area contributed by atoms with E-state index in [-0.39, 0.29) is 12.7 Å². The Labute approximate surface area is 152 Å². The first-order chi connectivity index (χ1) is 12.1. The summed E-state index contributed by atoms with van der Waals surface area (Å²) in [6, 6.07) is 11.4. The lowest BCUT2D eigenvalue weighted by molar-refractivity contribution is -0.0174. The van der Waals surface area contributed by atoms with Crippen LogP contribution in [0.2, 0.25) is 5.02 Å². The van der Waals surface area contributed by atoms with Gasteiger partial charge in [-0.05, 0) is 36.9 Å². The number of carbonyl (C=O) groups excluding carboxylic acids is 1. The normalized spacial score (nSPS) is 13.3. The van der Waals surface area contributed by atoms with Gasteiger partial charge in [0.1, 0.15) is 5.75 Å². The number of ether oxygens (including phenoxy) is 2. The van der Waals surface area contributed by atoms with Crippen LogP contribution in [0.15, 0.2) is 36.4 Å². The molecule has 132 valence electrons. The molecule has 0 unspecified atom stereocenters. The van der Waals surface area contributed by atoms with Gasteiger partial charge in [0, 0.05) is 41.9 Å². The maximum atomic E-state index is 11.6. The second-order valence-corrected chi connectivity index (χ2v) is 6.55. The summed E-state index contributed by atoms with van der Waals surface area (Å²) in [6.07, 6.45) is 0. The number of amides is 1. The first kappa shape index (κ1) is 17.7. The van der Waals surface area contributed by atoms with Gasteiger partial charge in [-0.2, -0.15) is 0 Å². The maximum absolute atomic E-state index is 11.6. The summed E-state index contributed by atoms with van der Waals surface area (Å²) >= 11 is 6.22. The third-order valence-corrected chi connectivity index (χ3v) is 4.31. The highest BCUT2D eigenvalue weighted by atomic mass is 35.5. The Balaban J connectivity index is 1.69. The van der Waals surface area contributed by atoms with Gasteiger partial charge in [-0.25, -0.2) is 0 Å². The van der Waals surface area contributed by atoms with Crippen molar-refractivity contribution in [2.24, 2.45) is 0 Å². The number of hydrogen-bond donors (Lipinski definition) is 1. The van der Waals surface area contributed by atoms with Crippen LogP contribution in [0.5, 0.6) is 5.75 Å². The van der Waals surface area contributed by atoms with Gasteiger partial charge in [0.2, 0.25) is 0 Å². The number of benzene rings is 2. The molecular weight excluding hydrogens is 340 g/mol.